The minimum absolute atomic E-state index is 0. The van der Waals surface area contributed by atoms with Crippen LogP contribution in [0.3, 0.4) is 0 Å². The molecule has 0 aromatic carbocycles. The van der Waals surface area contributed by atoms with E-state index in [0.29, 0.717) is 42.3 Å². The second-order valence-electron chi connectivity index (χ2n) is 15.3. The standard InChI is InChI=1S/C6H14N2.2C6H12N2.C5H9N3.C5H11N3.2C5H9N3.CH4/c3*1-6(2)8-5-3-4-7-8;1-5(2)8-3-6-7-4-8;2*1-5(2)8-4-3-6-7-8;1-5(2)8-6-3-4-7-8;/h6-7H,3-5H2,1-2H3;4,6H,3,5H2,1-2H3;3,5-7H,4H2,1-2H3;3-5H,1-2H3;5H,3-4H2,1-2H3;2*3-5H,1-2H3;1H4. The average Bonchev–Trinajstić information content (AvgIpc) is 4.05. The number of aromatic nitrogens is 9. The molecule has 0 aliphatic carbocycles. The Morgan fingerprint density at radius 2 is 1.26 bits per heavy atom. The van der Waals surface area contributed by atoms with Gasteiger partial charge in [-0.3, -0.25) is 20.1 Å². The van der Waals surface area contributed by atoms with Crippen molar-refractivity contribution in [3.05, 3.63) is 49.7 Å². The summed E-state index contributed by atoms with van der Waals surface area (Å²) in [5.74, 6) is 0. The van der Waals surface area contributed by atoms with E-state index in [1.54, 1.807) is 40.7 Å². The van der Waals surface area contributed by atoms with Crippen molar-refractivity contribution in [1.82, 2.24) is 75.6 Å². The highest BCUT2D eigenvalue weighted by molar-refractivity contribution is 5.58. The predicted molar refractivity (Wildman–Crippen MR) is 233 cm³/mol. The summed E-state index contributed by atoms with van der Waals surface area (Å²) in [5.41, 5.74) is 6.47. The second kappa shape index (κ2) is 30.8. The van der Waals surface area contributed by atoms with Gasteiger partial charge in [-0.2, -0.15) is 25.2 Å². The molecule has 3 aromatic heterocycles. The molecule has 18 nitrogen and oxygen atoms in total. The van der Waals surface area contributed by atoms with Crippen LogP contribution in [0, 0.1) is 0 Å². The van der Waals surface area contributed by atoms with Crippen LogP contribution in [0.1, 0.15) is 135 Å². The molecule has 1 fully saturated rings. The zero-order chi connectivity index (χ0) is 41.9. The van der Waals surface area contributed by atoms with E-state index >= 15 is 0 Å². The summed E-state index contributed by atoms with van der Waals surface area (Å²) in [7, 11) is 0. The van der Waals surface area contributed by atoms with Crippen LogP contribution in [-0.2, 0) is 0 Å². The molecule has 4 aliphatic rings. The Labute approximate surface area is 345 Å². The first kappa shape index (κ1) is 52.7. The number of hydrogen-bond acceptors (Lipinski definition) is 15. The molecule has 0 bridgehead atoms. The van der Waals surface area contributed by atoms with Crippen molar-refractivity contribution >= 4 is 6.21 Å². The fraction of sp³-hybridized carbons (Fsp3) is 0.769. The maximum absolute atomic E-state index is 4.14. The molecule has 1 saturated heterocycles. The first-order valence-corrected chi connectivity index (χ1v) is 20.3. The normalized spacial score (nSPS) is 15.4. The van der Waals surface area contributed by atoms with Gasteiger partial charge in [0, 0.05) is 87.5 Å². The van der Waals surface area contributed by atoms with Crippen LogP contribution >= 0.6 is 0 Å². The van der Waals surface area contributed by atoms with Gasteiger partial charge in [-0.05, 0) is 103 Å². The summed E-state index contributed by atoms with van der Waals surface area (Å²) in [6, 6.07) is 3.62. The van der Waals surface area contributed by atoms with Crippen molar-refractivity contribution < 1.29 is 0 Å². The van der Waals surface area contributed by atoms with Gasteiger partial charge in [0.2, 0.25) is 0 Å². The van der Waals surface area contributed by atoms with Gasteiger partial charge >= 0.3 is 0 Å². The molecule has 7 heterocycles. The number of hydrogen-bond donors (Lipinski definition) is 2. The number of hydrazone groups is 1. The van der Waals surface area contributed by atoms with E-state index in [1.165, 1.54) is 13.0 Å². The van der Waals surface area contributed by atoms with Crippen molar-refractivity contribution in [1.29, 1.82) is 0 Å². The number of nitrogens with one attached hydrogen (secondary N) is 2. The van der Waals surface area contributed by atoms with E-state index in [1.807, 2.05) is 35.8 Å². The van der Waals surface area contributed by atoms with Crippen molar-refractivity contribution in [2.24, 2.45) is 15.4 Å². The maximum Gasteiger partial charge on any atom is 0.119 e. The van der Waals surface area contributed by atoms with Crippen LogP contribution < -0.4 is 10.9 Å². The summed E-state index contributed by atoms with van der Waals surface area (Å²) in [5, 5.41) is 42.9. The Hall–Kier alpha value is -4.29. The second-order valence-corrected chi connectivity index (χ2v) is 15.3. The largest absolute Gasteiger partial charge is 0.318 e. The fourth-order valence-electron chi connectivity index (χ4n) is 4.67. The van der Waals surface area contributed by atoms with Gasteiger partial charge in [0.1, 0.15) is 12.7 Å². The molecule has 57 heavy (non-hydrogen) atoms. The number of nitrogens with zero attached hydrogens (tertiary/aromatic N) is 16. The Kier molecular flexibility index (Phi) is 28.5. The minimum Gasteiger partial charge on any atom is -0.318 e. The summed E-state index contributed by atoms with van der Waals surface area (Å²) >= 11 is 0. The molecule has 4 aliphatic heterocycles. The molecular weight excluding hydrogens is 721 g/mol. The molecule has 18 heteroatoms. The third-order valence-corrected chi connectivity index (χ3v) is 8.15. The van der Waals surface area contributed by atoms with Crippen molar-refractivity contribution in [3.8, 4) is 0 Å². The van der Waals surface area contributed by atoms with Gasteiger partial charge in [0.15, 0.2) is 0 Å². The van der Waals surface area contributed by atoms with Crippen LogP contribution in [0.5, 0.6) is 0 Å². The molecular formula is C39H80N18. The highest BCUT2D eigenvalue weighted by Gasteiger charge is 2.12. The van der Waals surface area contributed by atoms with E-state index in [4.69, 9.17) is 0 Å². The maximum atomic E-state index is 4.14. The van der Waals surface area contributed by atoms with Crippen LogP contribution in [0.2, 0.25) is 0 Å². The summed E-state index contributed by atoms with van der Waals surface area (Å²) < 4.78 is 3.75. The quantitative estimate of drug-likeness (QED) is 0.260. The monoisotopic (exact) mass is 801 g/mol. The molecule has 0 amide bonds. The SMILES string of the molecule is C.CC(C)N1C=CCN1.CC(C)N1CCC=N1.CC(C)N1CCCN1.CC(C)N1CCN=N1.CC(C)n1ccnn1.CC(C)n1cnnc1.CC(C)n1nccn1. The Morgan fingerprint density at radius 1 is 0.614 bits per heavy atom. The zero-order valence-electron chi connectivity index (χ0n) is 37.0. The third-order valence-electron chi connectivity index (χ3n) is 8.15. The Bertz CT molecular complexity index is 1220. The molecule has 0 spiro atoms. The van der Waals surface area contributed by atoms with Crippen LogP contribution in [0.25, 0.3) is 0 Å². The topological polar surface area (TPSA) is 166 Å². The van der Waals surface area contributed by atoms with Crippen molar-refractivity contribution in [2.45, 2.75) is 159 Å². The van der Waals surface area contributed by atoms with Gasteiger partial charge in [0.05, 0.1) is 37.7 Å². The molecule has 0 atom stereocenters. The van der Waals surface area contributed by atoms with E-state index in [0.717, 1.165) is 39.1 Å². The lowest BCUT2D eigenvalue weighted by Crippen LogP contribution is -2.36. The van der Waals surface area contributed by atoms with E-state index in [2.05, 4.69) is 167 Å². The Balaban J connectivity index is 0.000000640. The molecule has 0 unspecified atom stereocenters. The number of rotatable bonds is 7. The molecule has 2 N–H and O–H groups in total. The van der Waals surface area contributed by atoms with Gasteiger partial charge in [0.25, 0.3) is 0 Å². The minimum atomic E-state index is 0. The predicted octanol–water partition coefficient (Wildman–Crippen LogP) is 6.71. The van der Waals surface area contributed by atoms with Crippen LogP contribution in [0.15, 0.2) is 65.2 Å². The Morgan fingerprint density at radius 3 is 1.51 bits per heavy atom. The molecule has 0 radical (unpaired) electrons. The molecule has 326 valence electrons. The first-order chi connectivity index (χ1) is 26.6. The summed E-state index contributed by atoms with van der Waals surface area (Å²) in [6.45, 7) is 36.0. The van der Waals surface area contributed by atoms with E-state index in [9.17, 15) is 0 Å². The fourth-order valence-corrected chi connectivity index (χ4v) is 4.67. The van der Waals surface area contributed by atoms with Gasteiger partial charge in [-0.15, -0.1) is 15.3 Å². The average molecular weight is 801 g/mol. The van der Waals surface area contributed by atoms with E-state index in [-0.39, 0.29) is 7.43 Å². The molecule has 3 aromatic rings. The lowest BCUT2D eigenvalue weighted by atomic mass is 10.4. The lowest BCUT2D eigenvalue weighted by molar-refractivity contribution is 0.200. The smallest absolute Gasteiger partial charge is 0.119 e. The van der Waals surface area contributed by atoms with Gasteiger partial charge in [-0.1, -0.05) is 23.9 Å². The van der Waals surface area contributed by atoms with Crippen LogP contribution in [-0.4, -0.2) is 134 Å². The lowest BCUT2D eigenvalue weighted by Gasteiger charge is -2.19. The van der Waals surface area contributed by atoms with Gasteiger partial charge in [-0.25, -0.2) is 10.4 Å². The third kappa shape index (κ3) is 24.2. The molecule has 0 saturated carbocycles. The summed E-state index contributed by atoms with van der Waals surface area (Å²) in [4.78, 5) is 1.67. The zero-order valence-corrected chi connectivity index (χ0v) is 37.0. The van der Waals surface area contributed by atoms with Crippen molar-refractivity contribution in [3.63, 3.8) is 0 Å². The highest BCUT2D eigenvalue weighted by Crippen LogP contribution is 2.05. The number of hydrazine groups is 2. The highest BCUT2D eigenvalue weighted by atomic mass is 15.6. The van der Waals surface area contributed by atoms with Crippen LogP contribution in [0.4, 0.5) is 0 Å². The van der Waals surface area contributed by atoms with Crippen molar-refractivity contribution in [2.75, 3.05) is 39.3 Å². The van der Waals surface area contributed by atoms with Gasteiger partial charge < -0.3 is 9.58 Å². The first-order valence-electron chi connectivity index (χ1n) is 20.3. The molecule has 7 rings (SSSR count). The van der Waals surface area contributed by atoms with E-state index < -0.39 is 0 Å². The summed E-state index contributed by atoms with van der Waals surface area (Å²) in [6.07, 6.45) is 18.9.